The molecule has 0 fully saturated rings. The number of hydrogen-bond donors (Lipinski definition) is 0. The van der Waals surface area contributed by atoms with Crippen molar-refractivity contribution in [3.05, 3.63) is 6.10 Å². The van der Waals surface area contributed by atoms with Crippen LogP contribution in [0.15, 0.2) is 0 Å². The summed E-state index contributed by atoms with van der Waals surface area (Å²) in [6, 6.07) is 0. The third-order valence-corrected chi connectivity index (χ3v) is 2.76. The lowest BCUT2D eigenvalue weighted by atomic mass is 10.1. The van der Waals surface area contributed by atoms with Crippen molar-refractivity contribution in [3.63, 3.8) is 0 Å². The average Bonchev–Trinajstić information content (AvgIpc) is 2.33. The first-order valence-corrected chi connectivity index (χ1v) is 7.40. The van der Waals surface area contributed by atoms with Crippen LogP contribution in [-0.2, 0) is 9.47 Å². The Hall–Kier alpha value is -0.0800. The number of ether oxygens (including phenoxy) is 2. The van der Waals surface area contributed by atoms with Crippen LogP contribution in [0.1, 0.15) is 72.1 Å². The zero-order valence-corrected chi connectivity index (χ0v) is 12.1. The van der Waals surface area contributed by atoms with Crippen molar-refractivity contribution in [3.8, 4) is 0 Å². The molecule has 0 heterocycles. The standard InChI is InChI=1S/C15H31O2/c1-4-7-13-16-14-10-8-9-12-15(11-5-2)17-6-3/h4-14H2,1-3H3. The van der Waals surface area contributed by atoms with E-state index in [1.807, 2.05) is 0 Å². The van der Waals surface area contributed by atoms with Gasteiger partial charge in [0.05, 0.1) is 6.10 Å². The highest BCUT2D eigenvalue weighted by Gasteiger charge is 2.07. The van der Waals surface area contributed by atoms with E-state index in [1.165, 1.54) is 44.6 Å². The van der Waals surface area contributed by atoms with Crippen molar-refractivity contribution in [1.29, 1.82) is 0 Å². The summed E-state index contributed by atoms with van der Waals surface area (Å²) in [7, 11) is 0. The van der Waals surface area contributed by atoms with Gasteiger partial charge in [-0.25, -0.2) is 0 Å². The summed E-state index contributed by atoms with van der Waals surface area (Å²) in [5.41, 5.74) is 0. The van der Waals surface area contributed by atoms with Crippen LogP contribution in [0.3, 0.4) is 0 Å². The molecule has 0 bridgehead atoms. The summed E-state index contributed by atoms with van der Waals surface area (Å²) in [5, 5.41) is 0. The Balaban J connectivity index is 3.23. The molecule has 0 aliphatic heterocycles. The second kappa shape index (κ2) is 14.0. The zero-order valence-electron chi connectivity index (χ0n) is 12.1. The average molecular weight is 243 g/mol. The predicted octanol–water partition coefficient (Wildman–Crippen LogP) is 4.73. The van der Waals surface area contributed by atoms with E-state index in [9.17, 15) is 0 Å². The van der Waals surface area contributed by atoms with Gasteiger partial charge < -0.3 is 9.47 Å². The molecule has 0 saturated heterocycles. The molecule has 0 aliphatic rings. The van der Waals surface area contributed by atoms with Crippen LogP contribution in [-0.4, -0.2) is 19.8 Å². The molecular weight excluding hydrogens is 212 g/mol. The van der Waals surface area contributed by atoms with Crippen LogP contribution in [0.25, 0.3) is 0 Å². The summed E-state index contributed by atoms with van der Waals surface area (Å²) in [6.45, 7) is 9.15. The van der Waals surface area contributed by atoms with Gasteiger partial charge in [-0.3, -0.25) is 0 Å². The Kier molecular flexibility index (Phi) is 13.9. The van der Waals surface area contributed by atoms with E-state index in [0.29, 0.717) is 0 Å². The maximum Gasteiger partial charge on any atom is 0.0970 e. The van der Waals surface area contributed by atoms with E-state index in [1.54, 1.807) is 0 Å². The van der Waals surface area contributed by atoms with Crippen molar-refractivity contribution in [2.45, 2.75) is 72.1 Å². The number of hydrogen-bond acceptors (Lipinski definition) is 2. The number of unbranched alkanes of at least 4 members (excludes halogenated alkanes) is 3. The molecule has 0 aromatic carbocycles. The van der Waals surface area contributed by atoms with E-state index >= 15 is 0 Å². The summed E-state index contributed by atoms with van der Waals surface area (Å²) in [4.78, 5) is 0. The smallest absolute Gasteiger partial charge is 0.0970 e. The Labute approximate surface area is 108 Å². The number of rotatable bonds is 13. The van der Waals surface area contributed by atoms with E-state index in [-0.39, 0.29) is 0 Å². The third kappa shape index (κ3) is 12.2. The van der Waals surface area contributed by atoms with Gasteiger partial charge in [-0.1, -0.05) is 39.5 Å². The fourth-order valence-electron chi connectivity index (χ4n) is 1.80. The molecule has 0 aromatic rings. The lowest BCUT2D eigenvalue weighted by Crippen LogP contribution is -2.03. The molecule has 1 radical (unpaired) electrons. The van der Waals surface area contributed by atoms with Gasteiger partial charge in [0, 0.05) is 19.8 Å². The van der Waals surface area contributed by atoms with Crippen molar-refractivity contribution in [2.75, 3.05) is 19.8 Å². The molecule has 2 heteroatoms. The Morgan fingerprint density at radius 2 is 1.53 bits per heavy atom. The lowest BCUT2D eigenvalue weighted by molar-refractivity contribution is 0.121. The monoisotopic (exact) mass is 243 g/mol. The van der Waals surface area contributed by atoms with Crippen LogP contribution in [0.5, 0.6) is 0 Å². The first-order chi connectivity index (χ1) is 8.35. The van der Waals surface area contributed by atoms with Crippen LogP contribution in [0, 0.1) is 6.10 Å². The van der Waals surface area contributed by atoms with Crippen LogP contribution in [0.2, 0.25) is 0 Å². The largest absolute Gasteiger partial charge is 0.381 e. The summed E-state index contributed by atoms with van der Waals surface area (Å²) in [5.74, 6) is 0. The maximum atomic E-state index is 5.63. The summed E-state index contributed by atoms with van der Waals surface area (Å²) >= 11 is 0. The highest BCUT2D eigenvalue weighted by Crippen LogP contribution is 2.19. The van der Waals surface area contributed by atoms with Crippen LogP contribution >= 0.6 is 0 Å². The summed E-state index contributed by atoms with van der Waals surface area (Å²) in [6.07, 6.45) is 10.9. The molecule has 0 spiro atoms. The normalized spacial score (nSPS) is 11.3. The van der Waals surface area contributed by atoms with Gasteiger partial charge in [-0.15, -0.1) is 0 Å². The van der Waals surface area contributed by atoms with Gasteiger partial charge in [0.15, 0.2) is 0 Å². The topological polar surface area (TPSA) is 18.5 Å². The second-order valence-electron chi connectivity index (χ2n) is 4.50. The SMILES string of the molecule is CCCCOCCCCC[C](CCC)OCC. The van der Waals surface area contributed by atoms with Crippen LogP contribution < -0.4 is 0 Å². The quantitative estimate of drug-likeness (QED) is 0.435. The molecule has 0 aliphatic carbocycles. The van der Waals surface area contributed by atoms with Crippen molar-refractivity contribution < 1.29 is 9.47 Å². The van der Waals surface area contributed by atoms with Gasteiger partial charge in [0.2, 0.25) is 0 Å². The molecule has 0 atom stereocenters. The fourth-order valence-corrected chi connectivity index (χ4v) is 1.80. The molecule has 0 saturated carbocycles. The highest BCUT2D eigenvalue weighted by molar-refractivity contribution is 4.77. The van der Waals surface area contributed by atoms with Gasteiger partial charge in [0.1, 0.15) is 0 Å². The molecule has 0 amide bonds. The first-order valence-electron chi connectivity index (χ1n) is 7.40. The van der Waals surface area contributed by atoms with Crippen molar-refractivity contribution in [1.82, 2.24) is 0 Å². The van der Waals surface area contributed by atoms with E-state index in [0.717, 1.165) is 32.7 Å². The van der Waals surface area contributed by atoms with E-state index in [4.69, 9.17) is 9.47 Å². The Morgan fingerprint density at radius 3 is 2.18 bits per heavy atom. The minimum absolute atomic E-state index is 0.815. The fraction of sp³-hybridized carbons (Fsp3) is 0.933. The minimum Gasteiger partial charge on any atom is -0.381 e. The van der Waals surface area contributed by atoms with E-state index in [2.05, 4.69) is 20.8 Å². The van der Waals surface area contributed by atoms with E-state index < -0.39 is 0 Å². The molecule has 0 unspecified atom stereocenters. The lowest BCUT2D eigenvalue weighted by Gasteiger charge is -2.14. The maximum absolute atomic E-state index is 5.63. The Morgan fingerprint density at radius 1 is 0.765 bits per heavy atom. The minimum atomic E-state index is 0.815. The molecular formula is C15H31O2. The highest BCUT2D eigenvalue weighted by atomic mass is 16.5. The molecule has 0 rings (SSSR count). The van der Waals surface area contributed by atoms with Crippen molar-refractivity contribution in [2.24, 2.45) is 0 Å². The zero-order chi connectivity index (χ0) is 12.8. The molecule has 2 nitrogen and oxygen atoms in total. The van der Waals surface area contributed by atoms with Crippen molar-refractivity contribution >= 4 is 0 Å². The van der Waals surface area contributed by atoms with Gasteiger partial charge in [0.25, 0.3) is 0 Å². The molecule has 0 aromatic heterocycles. The molecule has 103 valence electrons. The second-order valence-corrected chi connectivity index (χ2v) is 4.50. The summed E-state index contributed by atoms with van der Waals surface area (Å²) < 4.78 is 11.2. The molecule has 0 N–H and O–H groups in total. The predicted molar refractivity (Wildman–Crippen MR) is 74.0 cm³/mol. The van der Waals surface area contributed by atoms with Gasteiger partial charge in [-0.05, 0) is 32.6 Å². The first kappa shape index (κ1) is 16.9. The third-order valence-electron chi connectivity index (χ3n) is 2.76. The molecule has 17 heavy (non-hydrogen) atoms. The van der Waals surface area contributed by atoms with Gasteiger partial charge >= 0.3 is 0 Å². The van der Waals surface area contributed by atoms with Gasteiger partial charge in [-0.2, -0.15) is 0 Å². The Bertz CT molecular complexity index is 131. The van der Waals surface area contributed by atoms with Crippen LogP contribution in [0.4, 0.5) is 0 Å².